The summed E-state index contributed by atoms with van der Waals surface area (Å²) in [5.41, 5.74) is 8.71. The minimum absolute atomic E-state index is 0.294. The monoisotopic (exact) mass is 343 g/mol. The Labute approximate surface area is 147 Å². The van der Waals surface area contributed by atoms with Gasteiger partial charge < -0.3 is 25.5 Å². The van der Waals surface area contributed by atoms with E-state index in [1.165, 1.54) is 0 Å². The molecule has 0 spiro atoms. The Morgan fingerprint density at radius 2 is 2.12 bits per heavy atom. The maximum atomic E-state index is 12.4. The molecule has 1 aliphatic heterocycles. The van der Waals surface area contributed by atoms with Crippen molar-refractivity contribution in [3.8, 4) is 0 Å². The number of nitrogens with one attached hydrogen (secondary N) is 1. The van der Waals surface area contributed by atoms with Crippen molar-refractivity contribution in [2.24, 2.45) is 5.73 Å². The molecular weight excluding hydrogens is 318 g/mol. The number of aromatic amines is 1. The zero-order valence-corrected chi connectivity index (χ0v) is 14.9. The molecule has 0 saturated carbocycles. The number of aliphatic hydroxyl groups excluding tert-OH is 1. The standard InChI is InChI=1S/C19H25N3O3/c1-19(2,3)25-18(24)22-10-4-5-12(11-22)13-6-7-15(17(20)23)16-14(13)8-9-21-16/h5-9,17,21,23H,4,10-11,20H2,1-3H3. The van der Waals surface area contributed by atoms with Crippen LogP contribution in [0.2, 0.25) is 0 Å². The molecule has 134 valence electrons. The number of nitrogens with zero attached hydrogens (tertiary/aromatic N) is 1. The molecular formula is C19H25N3O3. The summed E-state index contributed by atoms with van der Waals surface area (Å²) in [4.78, 5) is 17.2. The molecule has 0 aliphatic carbocycles. The number of aromatic nitrogens is 1. The molecule has 6 heteroatoms. The average Bonchev–Trinajstić information content (AvgIpc) is 3.01. The van der Waals surface area contributed by atoms with Gasteiger partial charge in [-0.3, -0.25) is 0 Å². The Bertz CT molecular complexity index is 815. The first-order valence-corrected chi connectivity index (χ1v) is 8.47. The Morgan fingerprint density at radius 3 is 2.80 bits per heavy atom. The number of aliphatic hydroxyl groups is 1. The van der Waals surface area contributed by atoms with E-state index in [0.717, 1.165) is 28.5 Å². The second-order valence-corrected chi connectivity index (χ2v) is 7.33. The number of rotatable bonds is 2. The van der Waals surface area contributed by atoms with E-state index in [9.17, 15) is 9.90 Å². The van der Waals surface area contributed by atoms with Crippen molar-refractivity contribution in [1.82, 2.24) is 9.88 Å². The summed E-state index contributed by atoms with van der Waals surface area (Å²) in [6.07, 6.45) is 3.43. The fourth-order valence-corrected chi connectivity index (χ4v) is 3.13. The van der Waals surface area contributed by atoms with Gasteiger partial charge in [0.15, 0.2) is 0 Å². The number of H-pyrrole nitrogens is 1. The molecule has 0 radical (unpaired) electrons. The SMILES string of the molecule is CC(C)(C)OC(=O)N1CCC=C(c2ccc(C(N)O)c3[nH]ccc23)C1. The van der Waals surface area contributed by atoms with Gasteiger partial charge >= 0.3 is 6.09 Å². The van der Waals surface area contributed by atoms with Crippen LogP contribution >= 0.6 is 0 Å². The maximum Gasteiger partial charge on any atom is 0.410 e. The molecule has 2 aromatic rings. The molecule has 1 aromatic carbocycles. The number of carbonyl (C=O) groups is 1. The summed E-state index contributed by atoms with van der Waals surface area (Å²) in [5, 5.41) is 10.7. The van der Waals surface area contributed by atoms with Crippen LogP contribution in [0.4, 0.5) is 4.79 Å². The van der Waals surface area contributed by atoms with Crippen molar-refractivity contribution in [3.05, 3.63) is 41.6 Å². The Hall–Kier alpha value is -2.31. The van der Waals surface area contributed by atoms with Crippen molar-refractivity contribution in [3.63, 3.8) is 0 Å². The third-order valence-corrected chi connectivity index (χ3v) is 4.22. The van der Waals surface area contributed by atoms with Gasteiger partial charge in [-0.1, -0.05) is 18.2 Å². The molecule has 1 unspecified atom stereocenters. The van der Waals surface area contributed by atoms with Gasteiger partial charge in [0.05, 0.1) is 5.52 Å². The molecule has 1 aliphatic rings. The summed E-state index contributed by atoms with van der Waals surface area (Å²) in [6, 6.07) is 5.74. The van der Waals surface area contributed by atoms with Crippen molar-refractivity contribution in [1.29, 1.82) is 0 Å². The molecule has 1 amide bonds. The number of ether oxygens (including phenoxy) is 1. The molecule has 3 rings (SSSR count). The van der Waals surface area contributed by atoms with E-state index < -0.39 is 11.8 Å². The van der Waals surface area contributed by atoms with Crippen LogP contribution in [0, 0.1) is 0 Å². The Balaban J connectivity index is 1.89. The van der Waals surface area contributed by atoms with E-state index in [4.69, 9.17) is 10.5 Å². The van der Waals surface area contributed by atoms with Crippen molar-refractivity contribution < 1.29 is 14.6 Å². The highest BCUT2D eigenvalue weighted by atomic mass is 16.6. The number of hydrogen-bond donors (Lipinski definition) is 3. The number of amides is 1. The van der Waals surface area contributed by atoms with Crippen LogP contribution in [0.1, 0.15) is 44.5 Å². The van der Waals surface area contributed by atoms with E-state index in [0.29, 0.717) is 18.7 Å². The first-order chi connectivity index (χ1) is 11.8. The number of fused-ring (bicyclic) bond motifs is 1. The largest absolute Gasteiger partial charge is 0.444 e. The molecule has 0 fully saturated rings. The van der Waals surface area contributed by atoms with E-state index in [-0.39, 0.29) is 6.09 Å². The highest BCUT2D eigenvalue weighted by Gasteiger charge is 2.25. The second kappa shape index (κ2) is 6.54. The van der Waals surface area contributed by atoms with E-state index >= 15 is 0 Å². The molecule has 0 saturated heterocycles. The lowest BCUT2D eigenvalue weighted by Crippen LogP contribution is -2.39. The molecule has 4 N–H and O–H groups in total. The minimum atomic E-state index is -1.03. The third-order valence-electron chi connectivity index (χ3n) is 4.22. The summed E-state index contributed by atoms with van der Waals surface area (Å²) in [6.45, 7) is 6.75. The van der Waals surface area contributed by atoms with Crippen molar-refractivity contribution >= 4 is 22.6 Å². The number of nitrogens with two attached hydrogens (primary N) is 1. The van der Waals surface area contributed by atoms with Gasteiger partial charge in [0.25, 0.3) is 0 Å². The molecule has 2 heterocycles. The van der Waals surface area contributed by atoms with Crippen LogP contribution in [0.25, 0.3) is 16.5 Å². The molecule has 25 heavy (non-hydrogen) atoms. The summed E-state index contributed by atoms with van der Waals surface area (Å²) >= 11 is 0. The molecule has 0 bridgehead atoms. The second-order valence-electron chi connectivity index (χ2n) is 7.33. The number of benzene rings is 1. The third kappa shape index (κ3) is 3.70. The topological polar surface area (TPSA) is 91.6 Å². The number of hydrogen-bond acceptors (Lipinski definition) is 4. The zero-order chi connectivity index (χ0) is 18.2. The molecule has 6 nitrogen and oxygen atoms in total. The van der Waals surface area contributed by atoms with Gasteiger partial charge in [0.1, 0.15) is 11.8 Å². The Kier molecular flexibility index (Phi) is 4.58. The van der Waals surface area contributed by atoms with Gasteiger partial charge in [0.2, 0.25) is 0 Å². The summed E-state index contributed by atoms with van der Waals surface area (Å²) in [7, 11) is 0. The zero-order valence-electron chi connectivity index (χ0n) is 14.9. The fraction of sp³-hybridized carbons (Fsp3) is 0.421. The lowest BCUT2D eigenvalue weighted by molar-refractivity contribution is 0.0273. The summed E-state index contributed by atoms with van der Waals surface area (Å²) in [5.74, 6) is 0. The predicted molar refractivity (Wildman–Crippen MR) is 97.8 cm³/mol. The van der Waals surface area contributed by atoms with Gasteiger partial charge in [-0.15, -0.1) is 0 Å². The highest BCUT2D eigenvalue weighted by molar-refractivity contribution is 5.95. The van der Waals surface area contributed by atoms with Crippen molar-refractivity contribution in [2.75, 3.05) is 13.1 Å². The van der Waals surface area contributed by atoms with Gasteiger partial charge in [-0.05, 0) is 44.4 Å². The van der Waals surface area contributed by atoms with Crippen LogP contribution in [0.15, 0.2) is 30.5 Å². The molecule has 1 aromatic heterocycles. The lowest BCUT2D eigenvalue weighted by Gasteiger charge is -2.30. The summed E-state index contributed by atoms with van der Waals surface area (Å²) < 4.78 is 5.49. The van der Waals surface area contributed by atoms with Gasteiger partial charge in [-0.2, -0.15) is 0 Å². The predicted octanol–water partition coefficient (Wildman–Crippen LogP) is 3.14. The van der Waals surface area contributed by atoms with Crippen LogP contribution in [-0.4, -0.2) is 39.8 Å². The van der Waals surface area contributed by atoms with Crippen LogP contribution < -0.4 is 5.73 Å². The van der Waals surface area contributed by atoms with Crippen LogP contribution in [0.3, 0.4) is 0 Å². The first-order valence-electron chi connectivity index (χ1n) is 8.47. The quantitative estimate of drug-likeness (QED) is 0.731. The van der Waals surface area contributed by atoms with Crippen molar-refractivity contribution in [2.45, 2.75) is 39.0 Å². The number of carbonyl (C=O) groups excluding carboxylic acids is 1. The normalized spacial score (nSPS) is 16.7. The minimum Gasteiger partial charge on any atom is -0.444 e. The van der Waals surface area contributed by atoms with Gasteiger partial charge in [-0.25, -0.2) is 4.79 Å². The lowest BCUT2D eigenvalue weighted by atomic mass is 9.96. The van der Waals surface area contributed by atoms with Crippen LogP contribution in [0.5, 0.6) is 0 Å². The van der Waals surface area contributed by atoms with E-state index in [1.54, 1.807) is 4.90 Å². The maximum absolute atomic E-state index is 12.4. The van der Waals surface area contributed by atoms with E-state index in [1.807, 2.05) is 45.2 Å². The average molecular weight is 343 g/mol. The van der Waals surface area contributed by atoms with E-state index in [2.05, 4.69) is 11.1 Å². The smallest absolute Gasteiger partial charge is 0.410 e. The van der Waals surface area contributed by atoms with Gasteiger partial charge in [0, 0.05) is 30.2 Å². The molecule has 1 atom stereocenters. The fourth-order valence-electron chi connectivity index (χ4n) is 3.13. The first kappa shape index (κ1) is 17.5. The van der Waals surface area contributed by atoms with Crippen LogP contribution in [-0.2, 0) is 4.74 Å². The highest BCUT2D eigenvalue weighted by Crippen LogP contribution is 2.31. The Morgan fingerprint density at radius 1 is 1.36 bits per heavy atom.